The number of nitrogens with zero attached hydrogens (tertiary/aromatic N) is 4. The fourth-order valence-corrected chi connectivity index (χ4v) is 2.28. The number of hydrogen-bond donors (Lipinski definition) is 0. The summed E-state index contributed by atoms with van der Waals surface area (Å²) in [6.45, 7) is 11.4. The number of rotatable bonds is 11. The predicted molar refractivity (Wildman–Crippen MR) is 120 cm³/mol. The Hall–Kier alpha value is -1.13. The van der Waals surface area contributed by atoms with Crippen LogP contribution in [0.3, 0.4) is 0 Å². The Morgan fingerprint density at radius 3 is 2.03 bits per heavy atom. The van der Waals surface area contributed by atoms with Gasteiger partial charge in [-0.2, -0.15) is 21.6 Å². The van der Waals surface area contributed by atoms with E-state index in [0.717, 1.165) is 30.7 Å². The van der Waals surface area contributed by atoms with Gasteiger partial charge < -0.3 is 9.38 Å². The van der Waals surface area contributed by atoms with Gasteiger partial charge in [0.2, 0.25) is 0 Å². The third-order valence-electron chi connectivity index (χ3n) is 3.21. The van der Waals surface area contributed by atoms with E-state index in [1.807, 2.05) is 14.1 Å². The fraction of sp³-hybridized carbons (Fsp3) is 0.833. The molecule has 12 heteroatoms. The maximum Gasteiger partial charge on any atom is 0.523 e. The second kappa shape index (κ2) is 18.6. The summed E-state index contributed by atoms with van der Waals surface area (Å²) in [5, 5.41) is 2.38. The number of quaternary nitrogens is 1. The van der Waals surface area contributed by atoms with Gasteiger partial charge in [-0.05, 0) is 51.6 Å². The molecule has 0 N–H and O–H groups in total. The first kappa shape index (κ1) is 33.5. The van der Waals surface area contributed by atoms with Crippen LogP contribution in [0.2, 0.25) is 0 Å². The molecular formula is C18H36F3N4O3S2+. The molecule has 0 spiro atoms. The molecule has 0 fully saturated rings. The highest BCUT2D eigenvalue weighted by Gasteiger charge is 2.47. The van der Waals surface area contributed by atoms with E-state index >= 15 is 0 Å². The molecule has 178 valence electrons. The summed E-state index contributed by atoms with van der Waals surface area (Å²) in [6, 6.07) is 0. The Morgan fingerprint density at radius 2 is 1.67 bits per heavy atom. The fourth-order valence-electron chi connectivity index (χ4n) is 1.67. The van der Waals surface area contributed by atoms with Crippen molar-refractivity contribution in [2.24, 2.45) is 9.98 Å². The quantitative estimate of drug-likeness (QED) is 0.150. The molecule has 0 atom stereocenters. The Kier molecular flexibility index (Phi) is 20.8. The second-order valence-electron chi connectivity index (χ2n) is 6.92. The van der Waals surface area contributed by atoms with Crippen LogP contribution in [0.5, 0.6) is 0 Å². The van der Waals surface area contributed by atoms with Crippen LogP contribution in [0.15, 0.2) is 16.6 Å². The van der Waals surface area contributed by atoms with Crippen molar-refractivity contribution < 1.29 is 30.3 Å². The zero-order chi connectivity index (χ0) is 24.3. The first-order chi connectivity index (χ1) is 13.7. The Balaban J connectivity index is -0.000000370. The summed E-state index contributed by atoms with van der Waals surface area (Å²) >= 11 is 4.48. The molecule has 0 aromatic carbocycles. The zero-order valence-electron chi connectivity index (χ0n) is 18.8. The van der Waals surface area contributed by atoms with E-state index in [4.69, 9.17) is 0 Å². The zero-order valence-corrected chi connectivity index (χ0v) is 20.5. The summed E-state index contributed by atoms with van der Waals surface area (Å²) in [5.74, 6) is 2.47. The van der Waals surface area contributed by atoms with Gasteiger partial charge in [-0.3, -0.25) is 4.18 Å². The summed E-state index contributed by atoms with van der Waals surface area (Å²) in [5.41, 5.74) is -5.30. The number of likely N-dealkylation sites (N-methyl/N-ethyl adjacent to an activating group) is 2. The third kappa shape index (κ3) is 23.2. The van der Waals surface area contributed by atoms with Crippen molar-refractivity contribution in [3.63, 3.8) is 0 Å². The molecule has 0 aromatic heterocycles. The van der Waals surface area contributed by atoms with Crippen LogP contribution >= 0.6 is 12.2 Å². The van der Waals surface area contributed by atoms with Gasteiger partial charge in [0.1, 0.15) is 0 Å². The average molecular weight is 478 g/mol. The van der Waals surface area contributed by atoms with Crippen molar-refractivity contribution >= 4 is 33.4 Å². The molecule has 30 heavy (non-hydrogen) atoms. The van der Waals surface area contributed by atoms with Crippen molar-refractivity contribution in [2.75, 3.05) is 67.5 Å². The van der Waals surface area contributed by atoms with Gasteiger partial charge in [0.15, 0.2) is 0 Å². The average Bonchev–Trinajstić information content (AvgIpc) is 2.60. The summed E-state index contributed by atoms with van der Waals surface area (Å²) < 4.78 is 59.1. The SMILES string of the molecule is C=C=NCCN(C)C.CCCOS(=O)(=O)C(F)(F)F.CCC[N+](C)(C)CCN=C=S. The van der Waals surface area contributed by atoms with Gasteiger partial charge in [-0.25, -0.2) is 9.98 Å². The van der Waals surface area contributed by atoms with Crippen molar-refractivity contribution in [2.45, 2.75) is 32.2 Å². The molecule has 0 heterocycles. The van der Waals surface area contributed by atoms with Crippen molar-refractivity contribution in [1.29, 1.82) is 0 Å². The monoisotopic (exact) mass is 477 g/mol. The maximum absolute atomic E-state index is 11.4. The topological polar surface area (TPSA) is 71.3 Å². The Morgan fingerprint density at radius 1 is 1.10 bits per heavy atom. The van der Waals surface area contributed by atoms with E-state index < -0.39 is 22.2 Å². The molecular weight excluding hydrogens is 441 g/mol. The summed E-state index contributed by atoms with van der Waals surface area (Å²) in [6.07, 6.45) is 1.43. The molecule has 0 aliphatic rings. The number of halogens is 3. The normalized spacial score (nSPS) is 11.3. The molecule has 0 saturated carbocycles. The molecule has 0 bridgehead atoms. The van der Waals surface area contributed by atoms with Crippen LogP contribution in [0, 0.1) is 0 Å². The number of alkyl halides is 3. The van der Waals surface area contributed by atoms with Crippen LogP contribution < -0.4 is 0 Å². The summed E-state index contributed by atoms with van der Waals surface area (Å²) in [7, 11) is 3.09. The summed E-state index contributed by atoms with van der Waals surface area (Å²) in [4.78, 5) is 9.77. The lowest BCUT2D eigenvalue weighted by Crippen LogP contribution is -2.42. The molecule has 0 aliphatic heterocycles. The highest BCUT2D eigenvalue weighted by atomic mass is 32.2. The van der Waals surface area contributed by atoms with Crippen molar-refractivity contribution in [1.82, 2.24) is 4.90 Å². The first-order valence-corrected chi connectivity index (χ1v) is 11.2. The lowest BCUT2D eigenvalue weighted by molar-refractivity contribution is -0.888. The highest BCUT2D eigenvalue weighted by Crippen LogP contribution is 2.24. The van der Waals surface area contributed by atoms with E-state index in [1.54, 1.807) is 0 Å². The Labute approximate surface area is 185 Å². The molecule has 0 unspecified atom stereocenters. The van der Waals surface area contributed by atoms with Gasteiger partial charge in [-0.1, -0.05) is 13.8 Å². The molecule has 0 aliphatic carbocycles. The number of isothiocyanates is 1. The minimum absolute atomic E-state index is 0.218. The number of hydrogen-bond acceptors (Lipinski definition) is 7. The van der Waals surface area contributed by atoms with Crippen LogP contribution in [-0.2, 0) is 14.3 Å². The molecule has 0 radical (unpaired) electrons. The number of aliphatic imine (C=N–C) groups is 2. The Bertz CT molecular complexity index is 627. The minimum atomic E-state index is -5.36. The molecule has 0 amide bonds. The largest absolute Gasteiger partial charge is 0.523 e. The van der Waals surface area contributed by atoms with E-state index in [-0.39, 0.29) is 6.42 Å². The third-order valence-corrected chi connectivity index (χ3v) is 4.38. The van der Waals surface area contributed by atoms with Gasteiger partial charge in [0, 0.05) is 6.54 Å². The lowest BCUT2D eigenvalue weighted by atomic mass is 10.3. The van der Waals surface area contributed by atoms with Crippen LogP contribution in [0.1, 0.15) is 26.7 Å². The van der Waals surface area contributed by atoms with Gasteiger partial charge >= 0.3 is 15.6 Å². The number of thiocarbonyl (C=S) groups is 1. The van der Waals surface area contributed by atoms with E-state index in [9.17, 15) is 21.6 Å². The molecule has 7 nitrogen and oxygen atoms in total. The van der Waals surface area contributed by atoms with Gasteiger partial charge in [0.05, 0.1) is 52.0 Å². The van der Waals surface area contributed by atoms with Crippen LogP contribution in [-0.4, -0.2) is 102 Å². The van der Waals surface area contributed by atoms with Crippen LogP contribution in [0.4, 0.5) is 13.2 Å². The van der Waals surface area contributed by atoms with E-state index in [0.29, 0.717) is 0 Å². The lowest BCUT2D eigenvalue weighted by Gasteiger charge is -2.28. The standard InChI is InChI=1S/C8H17N2S.C6H12N2.C4H7F3O3S/c1-4-6-10(2,3)7-5-9-8-11;1-4-7-5-6-8(2)3;1-2-3-10-11(8,9)4(5,6)7/h4-7H2,1-3H3;1,5-6H2,2-3H3;2-3H2,1H3/q+1;;. The van der Waals surface area contributed by atoms with Crippen LogP contribution in [0.25, 0.3) is 0 Å². The smallest absolute Gasteiger partial charge is 0.327 e. The van der Waals surface area contributed by atoms with Gasteiger partial charge in [-0.15, -0.1) is 0 Å². The minimum Gasteiger partial charge on any atom is -0.327 e. The maximum atomic E-state index is 11.4. The molecule has 0 saturated heterocycles. The van der Waals surface area contributed by atoms with Crippen molar-refractivity contribution in [3.8, 4) is 0 Å². The molecule has 0 rings (SSSR count). The van der Waals surface area contributed by atoms with Crippen molar-refractivity contribution in [3.05, 3.63) is 6.58 Å². The highest BCUT2D eigenvalue weighted by molar-refractivity contribution is 7.87. The molecule has 0 aromatic rings. The van der Waals surface area contributed by atoms with E-state index in [1.165, 1.54) is 19.9 Å². The van der Waals surface area contributed by atoms with E-state index in [2.05, 4.69) is 69.9 Å². The van der Waals surface area contributed by atoms with Gasteiger partial charge in [0.25, 0.3) is 0 Å². The predicted octanol–water partition coefficient (Wildman–Crippen LogP) is 3.24. The first-order valence-electron chi connectivity index (χ1n) is 9.35. The second-order valence-corrected chi connectivity index (χ2v) is 8.71.